The molecule has 0 unspecified atom stereocenters. The van der Waals surface area contributed by atoms with Crippen LogP contribution in [-0.2, 0) is 30.3 Å². The van der Waals surface area contributed by atoms with Gasteiger partial charge in [0.15, 0.2) is 0 Å². The second-order valence-corrected chi connectivity index (χ2v) is 4.77. The van der Waals surface area contributed by atoms with Gasteiger partial charge in [0.2, 0.25) is 5.91 Å². The number of amides is 1. The van der Waals surface area contributed by atoms with Crippen LogP contribution in [0.5, 0.6) is 5.75 Å². The third-order valence-electron chi connectivity index (χ3n) is 3.20. The first kappa shape index (κ1) is 18.5. The monoisotopic (exact) mass is 323 g/mol. The first-order valence-electron chi connectivity index (χ1n) is 7.07. The molecule has 7 nitrogen and oxygen atoms in total. The fraction of sp³-hybridized carbons (Fsp3) is 0.438. The van der Waals surface area contributed by atoms with Crippen molar-refractivity contribution in [1.82, 2.24) is 5.32 Å². The van der Waals surface area contributed by atoms with E-state index in [9.17, 15) is 14.4 Å². The van der Waals surface area contributed by atoms with Gasteiger partial charge in [-0.1, -0.05) is 12.1 Å². The lowest BCUT2D eigenvalue weighted by atomic mass is 10.1. The summed E-state index contributed by atoms with van der Waals surface area (Å²) in [6.07, 6.45) is 0.183. The average molecular weight is 323 g/mol. The van der Waals surface area contributed by atoms with Gasteiger partial charge in [0.05, 0.1) is 27.8 Å². The molecule has 0 saturated heterocycles. The molecule has 23 heavy (non-hydrogen) atoms. The minimum Gasteiger partial charge on any atom is -0.497 e. The van der Waals surface area contributed by atoms with E-state index in [4.69, 9.17) is 9.47 Å². The maximum Gasteiger partial charge on any atom is 0.328 e. The minimum absolute atomic E-state index is 0.0429. The summed E-state index contributed by atoms with van der Waals surface area (Å²) < 4.78 is 14.2. The number of methoxy groups -OCH3 is 3. The number of ether oxygens (including phenoxy) is 3. The topological polar surface area (TPSA) is 90.9 Å². The highest BCUT2D eigenvalue weighted by Crippen LogP contribution is 2.13. The van der Waals surface area contributed by atoms with Gasteiger partial charge >= 0.3 is 11.9 Å². The Kier molecular flexibility index (Phi) is 7.59. The smallest absolute Gasteiger partial charge is 0.328 e. The second kappa shape index (κ2) is 9.45. The molecule has 0 aromatic heterocycles. The lowest BCUT2D eigenvalue weighted by Crippen LogP contribution is -2.43. The van der Waals surface area contributed by atoms with E-state index >= 15 is 0 Å². The van der Waals surface area contributed by atoms with Crippen LogP contribution in [0.4, 0.5) is 0 Å². The first-order chi connectivity index (χ1) is 11.0. The fourth-order valence-corrected chi connectivity index (χ4v) is 1.92. The lowest BCUT2D eigenvalue weighted by molar-refractivity contribution is -0.145. The van der Waals surface area contributed by atoms with Crippen molar-refractivity contribution in [2.75, 3.05) is 21.3 Å². The van der Waals surface area contributed by atoms with E-state index in [2.05, 4.69) is 10.1 Å². The molecule has 0 saturated carbocycles. The Morgan fingerprint density at radius 1 is 1.00 bits per heavy atom. The van der Waals surface area contributed by atoms with Crippen LogP contribution in [0.2, 0.25) is 0 Å². The van der Waals surface area contributed by atoms with E-state index in [-0.39, 0.29) is 19.3 Å². The third-order valence-corrected chi connectivity index (χ3v) is 3.20. The van der Waals surface area contributed by atoms with Crippen LogP contribution in [0.1, 0.15) is 18.4 Å². The summed E-state index contributed by atoms with van der Waals surface area (Å²) in [6, 6.07) is 6.31. The largest absolute Gasteiger partial charge is 0.497 e. The number of hydrogen-bond acceptors (Lipinski definition) is 6. The van der Waals surface area contributed by atoms with Crippen LogP contribution in [0.25, 0.3) is 0 Å². The highest BCUT2D eigenvalue weighted by atomic mass is 16.5. The molecule has 1 N–H and O–H groups in total. The summed E-state index contributed by atoms with van der Waals surface area (Å²) in [6.45, 7) is 0. The standard InChI is InChI=1S/C16H21NO6/c1-21-12-6-4-11(5-7-12)10-13(16(20)23-3)17-14(18)8-9-15(19)22-2/h4-7,13H,8-10H2,1-3H3,(H,17,18)/t13-/m1/s1. The molecule has 0 spiro atoms. The van der Waals surface area contributed by atoms with Gasteiger partial charge in [-0.15, -0.1) is 0 Å². The van der Waals surface area contributed by atoms with Crippen LogP contribution in [0.15, 0.2) is 24.3 Å². The highest BCUT2D eigenvalue weighted by Gasteiger charge is 2.22. The van der Waals surface area contributed by atoms with Crippen LogP contribution in [-0.4, -0.2) is 45.2 Å². The molecule has 0 heterocycles. The molecule has 0 aliphatic carbocycles. The van der Waals surface area contributed by atoms with Crippen molar-refractivity contribution < 1.29 is 28.6 Å². The van der Waals surface area contributed by atoms with Crippen molar-refractivity contribution in [2.45, 2.75) is 25.3 Å². The van der Waals surface area contributed by atoms with Gasteiger partial charge in [-0.05, 0) is 17.7 Å². The number of hydrogen-bond donors (Lipinski definition) is 1. The molecule has 0 bridgehead atoms. The summed E-state index contributed by atoms with van der Waals surface area (Å²) in [4.78, 5) is 34.7. The summed E-state index contributed by atoms with van der Waals surface area (Å²) in [5, 5.41) is 2.57. The van der Waals surface area contributed by atoms with Crippen molar-refractivity contribution in [3.8, 4) is 5.75 Å². The Morgan fingerprint density at radius 3 is 2.17 bits per heavy atom. The van der Waals surface area contributed by atoms with E-state index in [1.807, 2.05) is 0 Å². The molecule has 1 aromatic carbocycles. The van der Waals surface area contributed by atoms with Crippen LogP contribution >= 0.6 is 0 Å². The summed E-state index contributed by atoms with van der Waals surface area (Å²) in [5.41, 5.74) is 0.842. The zero-order valence-corrected chi connectivity index (χ0v) is 13.5. The van der Waals surface area contributed by atoms with E-state index in [1.165, 1.54) is 14.2 Å². The molecule has 1 amide bonds. The number of rotatable bonds is 8. The van der Waals surface area contributed by atoms with Crippen LogP contribution in [0, 0.1) is 0 Å². The zero-order valence-electron chi connectivity index (χ0n) is 13.5. The van der Waals surface area contributed by atoms with Crippen molar-refractivity contribution in [3.63, 3.8) is 0 Å². The number of nitrogens with one attached hydrogen (secondary N) is 1. The van der Waals surface area contributed by atoms with E-state index in [0.29, 0.717) is 5.75 Å². The van der Waals surface area contributed by atoms with Gasteiger partial charge in [-0.3, -0.25) is 9.59 Å². The van der Waals surface area contributed by atoms with Gasteiger partial charge < -0.3 is 19.5 Å². The SMILES string of the molecule is COC(=O)CCC(=O)N[C@H](Cc1ccc(OC)cc1)C(=O)OC. The van der Waals surface area contributed by atoms with E-state index < -0.39 is 23.9 Å². The molecule has 0 fully saturated rings. The normalized spacial score (nSPS) is 11.3. The molecule has 1 aromatic rings. The number of esters is 2. The van der Waals surface area contributed by atoms with E-state index in [1.54, 1.807) is 31.4 Å². The van der Waals surface area contributed by atoms with Crippen LogP contribution < -0.4 is 10.1 Å². The van der Waals surface area contributed by atoms with Gasteiger partial charge in [-0.2, -0.15) is 0 Å². The Morgan fingerprint density at radius 2 is 1.65 bits per heavy atom. The Bertz CT molecular complexity index is 540. The zero-order chi connectivity index (χ0) is 17.2. The highest BCUT2D eigenvalue weighted by molar-refractivity contribution is 5.86. The van der Waals surface area contributed by atoms with E-state index in [0.717, 1.165) is 5.56 Å². The van der Waals surface area contributed by atoms with Crippen molar-refractivity contribution in [3.05, 3.63) is 29.8 Å². The van der Waals surface area contributed by atoms with Gasteiger partial charge in [0.1, 0.15) is 11.8 Å². The lowest BCUT2D eigenvalue weighted by Gasteiger charge is -2.16. The maximum atomic E-state index is 11.8. The molecular weight excluding hydrogens is 302 g/mol. The summed E-state index contributed by atoms with van der Waals surface area (Å²) >= 11 is 0. The molecule has 1 rings (SSSR count). The number of carbonyl (C=O) groups is 3. The summed E-state index contributed by atoms with van der Waals surface area (Å²) in [7, 11) is 4.07. The predicted molar refractivity (Wildman–Crippen MR) is 81.9 cm³/mol. The van der Waals surface area contributed by atoms with Gasteiger partial charge in [-0.25, -0.2) is 4.79 Å². The average Bonchev–Trinajstić information content (AvgIpc) is 2.58. The van der Waals surface area contributed by atoms with Crippen molar-refractivity contribution in [1.29, 1.82) is 0 Å². The Balaban J connectivity index is 2.66. The quantitative estimate of drug-likeness (QED) is 0.713. The fourth-order valence-electron chi connectivity index (χ4n) is 1.92. The number of carbonyl (C=O) groups excluding carboxylic acids is 3. The second-order valence-electron chi connectivity index (χ2n) is 4.77. The Hall–Kier alpha value is -2.57. The number of benzene rings is 1. The molecule has 0 aliphatic rings. The molecule has 126 valence electrons. The predicted octanol–water partition coefficient (Wildman–Crippen LogP) is 0.849. The van der Waals surface area contributed by atoms with Gasteiger partial charge in [0, 0.05) is 12.8 Å². The van der Waals surface area contributed by atoms with Crippen LogP contribution in [0.3, 0.4) is 0 Å². The molecule has 0 aliphatic heterocycles. The third kappa shape index (κ3) is 6.37. The molecule has 1 atom stereocenters. The maximum absolute atomic E-state index is 11.8. The minimum atomic E-state index is -0.821. The summed E-state index contributed by atoms with van der Waals surface area (Å²) in [5.74, 6) is -0.748. The molecular formula is C16H21NO6. The molecule has 0 radical (unpaired) electrons. The Labute approximate surface area is 134 Å². The molecule has 7 heteroatoms. The van der Waals surface area contributed by atoms with Gasteiger partial charge in [0.25, 0.3) is 0 Å². The first-order valence-corrected chi connectivity index (χ1v) is 7.07. The van der Waals surface area contributed by atoms with Crippen molar-refractivity contribution in [2.24, 2.45) is 0 Å². The van der Waals surface area contributed by atoms with Crippen molar-refractivity contribution >= 4 is 17.8 Å².